The highest BCUT2D eigenvalue weighted by Crippen LogP contribution is 2.12. The van der Waals surface area contributed by atoms with Gasteiger partial charge >= 0.3 is 0 Å². The molecule has 2 heterocycles. The van der Waals surface area contributed by atoms with Crippen molar-refractivity contribution >= 4 is 17.2 Å². The van der Waals surface area contributed by atoms with E-state index in [0.717, 1.165) is 0 Å². The summed E-state index contributed by atoms with van der Waals surface area (Å²) in [4.78, 5) is 16.6. The highest BCUT2D eigenvalue weighted by Gasteiger charge is 2.13. The van der Waals surface area contributed by atoms with Crippen LogP contribution >= 0.6 is 0 Å². The molecule has 7 nitrogen and oxygen atoms in total. The molecule has 3 N–H and O–H groups in total. The number of hydrogen-bond donors (Lipinski definition) is 3. The van der Waals surface area contributed by atoms with Crippen LogP contribution in [0.1, 0.15) is 16.2 Å². The van der Waals surface area contributed by atoms with Gasteiger partial charge in [-0.15, -0.1) is 5.10 Å². The summed E-state index contributed by atoms with van der Waals surface area (Å²) in [5, 5.41) is 25.7. The number of hydrogen-bond acceptors (Lipinski definition) is 6. The number of aromatic nitrogens is 3. The summed E-state index contributed by atoms with van der Waals surface area (Å²) in [5.41, 5.74) is 1.23. The van der Waals surface area contributed by atoms with Gasteiger partial charge in [-0.3, -0.25) is 4.79 Å². The molecule has 1 aromatic carbocycles. The van der Waals surface area contributed by atoms with Crippen LogP contribution in [-0.2, 0) is 6.42 Å². The molecule has 3 aromatic rings. The van der Waals surface area contributed by atoms with E-state index in [-0.39, 0.29) is 25.4 Å². The first-order valence-electron chi connectivity index (χ1n) is 7.63. The summed E-state index contributed by atoms with van der Waals surface area (Å²) >= 11 is 0. The number of carbonyl (C=O) groups is 1. The summed E-state index contributed by atoms with van der Waals surface area (Å²) in [7, 11) is 0. The lowest BCUT2D eigenvalue weighted by molar-refractivity contribution is 0.0991. The number of anilines is 1. The fourth-order valence-corrected chi connectivity index (χ4v) is 2.32. The van der Waals surface area contributed by atoms with E-state index in [9.17, 15) is 9.90 Å². The van der Waals surface area contributed by atoms with E-state index in [0.29, 0.717) is 22.9 Å². The number of nitrogens with zero attached hydrogens (tertiary/aromatic N) is 3. The summed E-state index contributed by atoms with van der Waals surface area (Å²) in [6.45, 7) is -0.134. The molecule has 0 fully saturated rings. The minimum Gasteiger partial charge on any atom is -0.394 e. The number of aliphatic hydroxyl groups is 2. The van der Waals surface area contributed by atoms with E-state index in [1.165, 1.54) is 0 Å². The zero-order valence-electron chi connectivity index (χ0n) is 13.0. The van der Waals surface area contributed by atoms with Gasteiger partial charge in [0.25, 0.3) is 0 Å². The number of rotatable bonds is 7. The van der Waals surface area contributed by atoms with Gasteiger partial charge in [0.1, 0.15) is 5.82 Å². The molecular weight excluding hydrogens is 308 g/mol. The minimum atomic E-state index is -0.858. The van der Waals surface area contributed by atoms with E-state index in [4.69, 9.17) is 5.11 Å². The smallest absolute Gasteiger partial charge is 0.170 e. The standard InChI is InChI=1S/C17H18N4O3/c22-11-13(23)10-18-16-7-4-8-17-19-15(20-21(16)17)9-14(24)12-5-2-1-3-6-12/h1-8,13,18,22-23H,9-11H2. The van der Waals surface area contributed by atoms with Gasteiger partial charge in [0.15, 0.2) is 17.3 Å². The van der Waals surface area contributed by atoms with Gasteiger partial charge in [0, 0.05) is 12.1 Å². The van der Waals surface area contributed by atoms with E-state index in [1.54, 1.807) is 34.8 Å². The van der Waals surface area contributed by atoms with Crippen molar-refractivity contribution in [3.63, 3.8) is 0 Å². The van der Waals surface area contributed by atoms with Crippen molar-refractivity contribution in [2.24, 2.45) is 0 Å². The topological polar surface area (TPSA) is 99.8 Å². The van der Waals surface area contributed by atoms with Gasteiger partial charge < -0.3 is 15.5 Å². The van der Waals surface area contributed by atoms with Crippen LogP contribution in [0.15, 0.2) is 48.5 Å². The average Bonchev–Trinajstić information content (AvgIpc) is 3.03. The molecule has 0 amide bonds. The highest BCUT2D eigenvalue weighted by atomic mass is 16.3. The SMILES string of the molecule is O=C(Cc1nc2cccc(NCC(O)CO)n2n1)c1ccccc1. The minimum absolute atomic E-state index is 0.0447. The number of fused-ring (bicyclic) bond motifs is 1. The van der Waals surface area contributed by atoms with Gasteiger partial charge in [0.2, 0.25) is 0 Å². The summed E-state index contributed by atoms with van der Waals surface area (Å²) in [5.74, 6) is 1.02. The van der Waals surface area contributed by atoms with Crippen LogP contribution in [0.25, 0.3) is 5.65 Å². The Morgan fingerprint density at radius 2 is 1.96 bits per heavy atom. The third-order valence-corrected chi connectivity index (χ3v) is 3.55. The Hall–Kier alpha value is -2.77. The van der Waals surface area contributed by atoms with Gasteiger partial charge in [-0.25, -0.2) is 4.98 Å². The van der Waals surface area contributed by atoms with Crippen molar-refractivity contribution in [2.45, 2.75) is 12.5 Å². The van der Waals surface area contributed by atoms with Crippen LogP contribution in [0.5, 0.6) is 0 Å². The zero-order valence-corrected chi connectivity index (χ0v) is 13.0. The quantitative estimate of drug-likeness (QED) is 0.558. The molecule has 1 atom stereocenters. The second-order valence-electron chi connectivity index (χ2n) is 5.39. The molecule has 1 unspecified atom stereocenters. The molecule has 0 aliphatic carbocycles. The highest BCUT2D eigenvalue weighted by molar-refractivity contribution is 5.97. The van der Waals surface area contributed by atoms with Crippen LogP contribution < -0.4 is 5.32 Å². The Morgan fingerprint density at radius 1 is 1.17 bits per heavy atom. The molecule has 0 saturated carbocycles. The van der Waals surface area contributed by atoms with Crippen molar-refractivity contribution in [3.8, 4) is 0 Å². The van der Waals surface area contributed by atoms with E-state index in [2.05, 4.69) is 15.4 Å². The maximum atomic E-state index is 12.3. The first-order chi connectivity index (χ1) is 11.7. The predicted octanol–water partition coefficient (Wildman–Crippen LogP) is 0.920. The third kappa shape index (κ3) is 3.58. The van der Waals surface area contributed by atoms with Crippen molar-refractivity contribution in [1.29, 1.82) is 0 Å². The van der Waals surface area contributed by atoms with E-state index in [1.807, 2.05) is 18.2 Å². The Morgan fingerprint density at radius 3 is 2.71 bits per heavy atom. The van der Waals surface area contributed by atoms with Crippen molar-refractivity contribution in [1.82, 2.24) is 14.6 Å². The van der Waals surface area contributed by atoms with E-state index < -0.39 is 6.10 Å². The summed E-state index contributed by atoms with van der Waals surface area (Å²) < 4.78 is 1.58. The lowest BCUT2D eigenvalue weighted by Gasteiger charge is -2.10. The maximum Gasteiger partial charge on any atom is 0.170 e. The average molecular weight is 326 g/mol. The zero-order chi connectivity index (χ0) is 16.9. The number of pyridine rings is 1. The normalized spacial score (nSPS) is 12.2. The summed E-state index contributed by atoms with van der Waals surface area (Å²) in [6.07, 6.45) is -0.743. The number of aliphatic hydroxyl groups excluding tert-OH is 2. The first-order valence-corrected chi connectivity index (χ1v) is 7.63. The van der Waals surface area contributed by atoms with Gasteiger partial charge in [-0.05, 0) is 12.1 Å². The number of nitrogens with one attached hydrogen (secondary N) is 1. The molecule has 0 bridgehead atoms. The molecule has 24 heavy (non-hydrogen) atoms. The molecule has 7 heteroatoms. The van der Waals surface area contributed by atoms with E-state index >= 15 is 0 Å². The monoisotopic (exact) mass is 326 g/mol. The lowest BCUT2D eigenvalue weighted by Crippen LogP contribution is -2.23. The van der Waals surface area contributed by atoms with Gasteiger partial charge in [0.05, 0.1) is 19.1 Å². The molecule has 0 radical (unpaired) electrons. The molecule has 0 aliphatic rings. The molecule has 2 aromatic heterocycles. The van der Waals surface area contributed by atoms with Crippen LogP contribution in [0.4, 0.5) is 5.82 Å². The van der Waals surface area contributed by atoms with Crippen LogP contribution in [0.3, 0.4) is 0 Å². The molecule has 124 valence electrons. The van der Waals surface area contributed by atoms with Gasteiger partial charge in [-0.1, -0.05) is 36.4 Å². The molecule has 0 spiro atoms. The fraction of sp³-hybridized carbons (Fsp3) is 0.235. The van der Waals surface area contributed by atoms with Gasteiger partial charge in [-0.2, -0.15) is 4.52 Å². The molecule has 3 rings (SSSR count). The molecule has 0 saturated heterocycles. The van der Waals surface area contributed by atoms with Crippen molar-refractivity contribution in [3.05, 3.63) is 59.9 Å². The first kappa shape index (κ1) is 16.1. The largest absolute Gasteiger partial charge is 0.394 e. The van der Waals surface area contributed by atoms with Crippen LogP contribution in [0.2, 0.25) is 0 Å². The molecular formula is C17H18N4O3. The number of carbonyl (C=O) groups excluding carboxylic acids is 1. The lowest BCUT2D eigenvalue weighted by atomic mass is 10.1. The number of ketones is 1. The molecule has 0 aliphatic heterocycles. The Balaban J connectivity index is 1.79. The van der Waals surface area contributed by atoms with Crippen molar-refractivity contribution < 1.29 is 15.0 Å². The predicted molar refractivity (Wildman–Crippen MR) is 89.0 cm³/mol. The number of benzene rings is 1. The van der Waals surface area contributed by atoms with Crippen molar-refractivity contribution in [2.75, 3.05) is 18.5 Å². The maximum absolute atomic E-state index is 12.3. The summed E-state index contributed by atoms with van der Waals surface area (Å²) in [6, 6.07) is 14.4. The third-order valence-electron chi connectivity index (χ3n) is 3.55. The Labute approximate surface area is 138 Å². The van der Waals surface area contributed by atoms with Crippen LogP contribution in [0, 0.1) is 0 Å². The number of Topliss-reactive ketones (excluding diaryl/α,β-unsaturated/α-hetero) is 1. The second-order valence-corrected chi connectivity index (χ2v) is 5.39. The van der Waals surface area contributed by atoms with Crippen LogP contribution in [-0.4, -0.2) is 49.8 Å². The Kier molecular flexibility index (Phi) is 4.83. The fourth-order valence-electron chi connectivity index (χ4n) is 2.32. The Bertz CT molecular complexity index is 832. The second kappa shape index (κ2) is 7.20.